The summed E-state index contributed by atoms with van der Waals surface area (Å²) in [4.78, 5) is 0. The van der Waals surface area contributed by atoms with Crippen LogP contribution >= 0.6 is 0 Å². The third kappa shape index (κ3) is 2.90. The highest BCUT2D eigenvalue weighted by atomic mass is 16.3. The van der Waals surface area contributed by atoms with E-state index in [4.69, 9.17) is 0 Å². The maximum absolute atomic E-state index is 10.5. The molecule has 4 rings (SSSR count). The number of hydrogen-bond acceptors (Lipinski definition) is 2. The Morgan fingerprint density at radius 2 is 1.60 bits per heavy atom. The molecule has 0 saturated heterocycles. The Hall–Kier alpha value is -0.0800. The van der Waals surface area contributed by atoms with Crippen LogP contribution in [0.3, 0.4) is 0 Å². The molecule has 2 nitrogen and oxygen atoms in total. The fourth-order valence-corrected chi connectivity index (χ4v) is 8.61. The van der Waals surface area contributed by atoms with Gasteiger partial charge in [0, 0.05) is 0 Å². The van der Waals surface area contributed by atoms with Gasteiger partial charge in [0.1, 0.15) is 0 Å². The molecule has 2 N–H and O–H groups in total. The number of fused-ring (bicyclic) bond motifs is 5. The molecule has 4 aliphatic carbocycles. The summed E-state index contributed by atoms with van der Waals surface area (Å²) in [5, 5.41) is 21.0. The standard InChI is InChI=1S/C23H40O2/c1-14-5-8-20(15(2)24)23(4)12-10-18-17-9-11-22(3,25)13-16(17)6-7-19(18)21(14)23/h14-21,24-25H,5-13H2,1-4H3/t14-,15?,16+,17+,18-,19-,20?,21+,22-,23-/m1/s1. The Balaban J connectivity index is 1.60. The van der Waals surface area contributed by atoms with Crippen LogP contribution < -0.4 is 0 Å². The second-order valence-corrected chi connectivity index (χ2v) is 11.0. The molecular weight excluding hydrogens is 308 g/mol. The minimum absolute atomic E-state index is 0.155. The van der Waals surface area contributed by atoms with Crippen molar-refractivity contribution in [3.63, 3.8) is 0 Å². The van der Waals surface area contributed by atoms with E-state index in [-0.39, 0.29) is 6.10 Å². The molecule has 4 fully saturated rings. The molecular formula is C23H40O2. The van der Waals surface area contributed by atoms with Crippen LogP contribution in [0.1, 0.15) is 85.5 Å². The Kier molecular flexibility index (Phi) is 4.56. The van der Waals surface area contributed by atoms with E-state index in [0.29, 0.717) is 11.3 Å². The second-order valence-electron chi connectivity index (χ2n) is 11.0. The van der Waals surface area contributed by atoms with Gasteiger partial charge in [0.05, 0.1) is 11.7 Å². The molecule has 4 aliphatic rings. The zero-order valence-electron chi connectivity index (χ0n) is 16.9. The monoisotopic (exact) mass is 348 g/mol. The average Bonchev–Trinajstić information content (AvgIpc) is 2.52. The molecule has 0 bridgehead atoms. The predicted octanol–water partition coefficient (Wildman–Crippen LogP) is 5.02. The SMILES string of the molecule is CC(O)C1CC[C@@H](C)[C@H]2[C@@H]3CC[C@H]4C[C@](C)(O)CC[C@@H]4[C@H]3CC[C@]12C. The zero-order chi connectivity index (χ0) is 18.0. The lowest BCUT2D eigenvalue weighted by Gasteiger charge is -2.63. The fourth-order valence-electron chi connectivity index (χ4n) is 8.61. The van der Waals surface area contributed by atoms with Crippen molar-refractivity contribution in [1.82, 2.24) is 0 Å². The van der Waals surface area contributed by atoms with Gasteiger partial charge in [-0.2, -0.15) is 0 Å². The summed E-state index contributed by atoms with van der Waals surface area (Å²) in [6.45, 7) is 9.12. The first-order chi connectivity index (χ1) is 11.7. The van der Waals surface area contributed by atoms with Crippen LogP contribution in [0.4, 0.5) is 0 Å². The summed E-state index contributed by atoms with van der Waals surface area (Å²) >= 11 is 0. The molecule has 2 heteroatoms. The molecule has 25 heavy (non-hydrogen) atoms. The van der Waals surface area contributed by atoms with Crippen molar-refractivity contribution in [1.29, 1.82) is 0 Å². The van der Waals surface area contributed by atoms with E-state index < -0.39 is 5.60 Å². The van der Waals surface area contributed by atoms with Crippen LogP contribution in [0.25, 0.3) is 0 Å². The molecule has 0 aromatic carbocycles. The third-order valence-electron chi connectivity index (χ3n) is 9.51. The van der Waals surface area contributed by atoms with Gasteiger partial charge < -0.3 is 10.2 Å². The van der Waals surface area contributed by atoms with Crippen LogP contribution in [0.5, 0.6) is 0 Å². The van der Waals surface area contributed by atoms with Crippen LogP contribution in [0, 0.1) is 46.8 Å². The quantitative estimate of drug-likeness (QED) is 0.698. The zero-order valence-corrected chi connectivity index (χ0v) is 16.9. The minimum Gasteiger partial charge on any atom is -0.393 e. The van der Waals surface area contributed by atoms with Gasteiger partial charge in [0.2, 0.25) is 0 Å². The molecule has 4 saturated carbocycles. The van der Waals surface area contributed by atoms with Crippen molar-refractivity contribution >= 4 is 0 Å². The number of hydrogen-bond donors (Lipinski definition) is 2. The summed E-state index contributed by atoms with van der Waals surface area (Å²) in [6, 6.07) is 0. The Labute approximate surface area is 154 Å². The lowest BCUT2D eigenvalue weighted by atomic mass is 9.42. The molecule has 0 aliphatic heterocycles. The van der Waals surface area contributed by atoms with E-state index in [0.717, 1.165) is 48.3 Å². The molecule has 0 amide bonds. The van der Waals surface area contributed by atoms with Crippen LogP contribution in [-0.4, -0.2) is 21.9 Å². The van der Waals surface area contributed by atoms with Crippen molar-refractivity contribution < 1.29 is 10.2 Å². The van der Waals surface area contributed by atoms with E-state index in [2.05, 4.69) is 20.8 Å². The summed E-state index contributed by atoms with van der Waals surface area (Å²) in [6.07, 6.45) is 11.1. The van der Waals surface area contributed by atoms with E-state index in [1.165, 1.54) is 44.9 Å². The van der Waals surface area contributed by atoms with Crippen molar-refractivity contribution in [3.8, 4) is 0 Å². The van der Waals surface area contributed by atoms with Gasteiger partial charge in [-0.25, -0.2) is 0 Å². The molecule has 0 aromatic rings. The fraction of sp³-hybridized carbons (Fsp3) is 1.00. The van der Waals surface area contributed by atoms with Crippen molar-refractivity contribution in [2.75, 3.05) is 0 Å². The Bertz CT molecular complexity index is 498. The van der Waals surface area contributed by atoms with Gasteiger partial charge in [-0.3, -0.25) is 0 Å². The molecule has 0 spiro atoms. The molecule has 144 valence electrons. The number of aliphatic hydroxyl groups is 2. The van der Waals surface area contributed by atoms with E-state index in [1.54, 1.807) is 0 Å². The lowest BCUT2D eigenvalue weighted by Crippen LogP contribution is -2.57. The first-order valence-electron chi connectivity index (χ1n) is 11.1. The minimum atomic E-state index is -0.410. The van der Waals surface area contributed by atoms with Crippen LogP contribution in [-0.2, 0) is 0 Å². The molecule has 0 radical (unpaired) electrons. The van der Waals surface area contributed by atoms with Gasteiger partial charge in [0.25, 0.3) is 0 Å². The summed E-state index contributed by atoms with van der Waals surface area (Å²) < 4.78 is 0. The van der Waals surface area contributed by atoms with Crippen molar-refractivity contribution in [2.45, 2.75) is 97.2 Å². The van der Waals surface area contributed by atoms with Crippen molar-refractivity contribution in [3.05, 3.63) is 0 Å². The second kappa shape index (κ2) is 6.23. The van der Waals surface area contributed by atoms with E-state index in [9.17, 15) is 10.2 Å². The highest BCUT2D eigenvalue weighted by molar-refractivity contribution is 5.07. The number of aliphatic hydroxyl groups excluding tert-OH is 1. The van der Waals surface area contributed by atoms with E-state index in [1.807, 2.05) is 6.92 Å². The number of rotatable bonds is 1. The van der Waals surface area contributed by atoms with Crippen molar-refractivity contribution in [2.24, 2.45) is 46.8 Å². The lowest BCUT2D eigenvalue weighted by molar-refractivity contribution is -0.158. The maximum Gasteiger partial charge on any atom is 0.0622 e. The smallest absolute Gasteiger partial charge is 0.0622 e. The van der Waals surface area contributed by atoms with Gasteiger partial charge in [-0.15, -0.1) is 0 Å². The van der Waals surface area contributed by atoms with Crippen LogP contribution in [0.15, 0.2) is 0 Å². The van der Waals surface area contributed by atoms with Gasteiger partial charge in [-0.05, 0) is 112 Å². The molecule has 0 aromatic heterocycles. The molecule has 2 unspecified atom stereocenters. The highest BCUT2D eigenvalue weighted by Crippen LogP contribution is 2.64. The predicted molar refractivity (Wildman–Crippen MR) is 102 cm³/mol. The third-order valence-corrected chi connectivity index (χ3v) is 9.51. The first-order valence-corrected chi connectivity index (χ1v) is 11.1. The summed E-state index contributed by atoms with van der Waals surface area (Å²) in [5.41, 5.74) is -0.0628. The summed E-state index contributed by atoms with van der Waals surface area (Å²) in [7, 11) is 0. The molecule has 10 atom stereocenters. The van der Waals surface area contributed by atoms with Gasteiger partial charge >= 0.3 is 0 Å². The van der Waals surface area contributed by atoms with E-state index >= 15 is 0 Å². The summed E-state index contributed by atoms with van der Waals surface area (Å²) in [5.74, 6) is 5.52. The molecule has 0 heterocycles. The normalized spacial score (nSPS) is 57.1. The Morgan fingerprint density at radius 1 is 0.880 bits per heavy atom. The first kappa shape index (κ1) is 18.3. The largest absolute Gasteiger partial charge is 0.393 e. The average molecular weight is 349 g/mol. The van der Waals surface area contributed by atoms with Crippen LogP contribution in [0.2, 0.25) is 0 Å². The Morgan fingerprint density at radius 3 is 2.32 bits per heavy atom. The van der Waals surface area contributed by atoms with Gasteiger partial charge in [0.15, 0.2) is 0 Å². The highest BCUT2D eigenvalue weighted by Gasteiger charge is 2.58. The topological polar surface area (TPSA) is 40.5 Å². The van der Waals surface area contributed by atoms with Gasteiger partial charge in [-0.1, -0.05) is 20.3 Å². The maximum atomic E-state index is 10.5.